The Labute approximate surface area is 217 Å². The molecule has 5 N–H and O–H groups in total. The van der Waals surface area contributed by atoms with E-state index in [-0.39, 0.29) is 24.8 Å². The number of nitrogens with zero attached hydrogens (tertiary/aromatic N) is 1. The van der Waals surface area contributed by atoms with Crippen molar-refractivity contribution in [3.8, 4) is 5.75 Å². The molecule has 2 heterocycles. The number of aliphatic hydroxyl groups excluding tert-OH is 1. The number of fused-ring (bicyclic) bond motifs is 1. The lowest BCUT2D eigenvalue weighted by molar-refractivity contribution is 0.0951. The maximum atomic E-state index is 13.5. The van der Waals surface area contributed by atoms with Crippen molar-refractivity contribution in [2.75, 3.05) is 22.6 Å². The molecule has 0 radical (unpaired) electrons. The molecule has 0 saturated heterocycles. The molecule has 5 rings (SSSR count). The Morgan fingerprint density at radius 1 is 0.974 bits per heavy atom. The van der Waals surface area contributed by atoms with Crippen molar-refractivity contribution in [2.45, 2.75) is 18.9 Å². The number of pyridine rings is 1. The molecule has 0 fully saturated rings. The van der Waals surface area contributed by atoms with Crippen molar-refractivity contribution in [3.05, 3.63) is 113 Å². The Hall–Kier alpha value is -4.70. The molecule has 194 valence electrons. The van der Waals surface area contributed by atoms with Crippen LogP contribution < -0.4 is 26.0 Å². The van der Waals surface area contributed by atoms with E-state index in [9.17, 15) is 18.7 Å². The zero-order chi connectivity index (χ0) is 26.5. The first kappa shape index (κ1) is 25.0. The minimum absolute atomic E-state index is 0.0194. The minimum atomic E-state index is -0.974. The van der Waals surface area contributed by atoms with Gasteiger partial charge >= 0.3 is 0 Å². The maximum absolute atomic E-state index is 13.5. The number of amides is 1. The second kappa shape index (κ2) is 11.1. The van der Waals surface area contributed by atoms with Crippen LogP contribution in [0.5, 0.6) is 5.75 Å². The molecule has 1 aliphatic heterocycles. The Morgan fingerprint density at radius 3 is 2.61 bits per heavy atom. The summed E-state index contributed by atoms with van der Waals surface area (Å²) in [5, 5.41) is 21.6. The summed E-state index contributed by atoms with van der Waals surface area (Å²) < 4.78 is 32.8. The van der Waals surface area contributed by atoms with Crippen molar-refractivity contribution in [3.63, 3.8) is 0 Å². The van der Waals surface area contributed by atoms with Crippen LogP contribution in [0.3, 0.4) is 0 Å². The summed E-state index contributed by atoms with van der Waals surface area (Å²) in [5.74, 6) is -1.40. The van der Waals surface area contributed by atoms with Crippen LogP contribution in [0.4, 0.5) is 26.0 Å². The molecule has 0 spiro atoms. The molecule has 0 bridgehead atoms. The smallest absolute Gasteiger partial charge is 0.255 e. The van der Waals surface area contributed by atoms with Gasteiger partial charge < -0.3 is 31.1 Å². The van der Waals surface area contributed by atoms with Crippen LogP contribution in [0.25, 0.3) is 0 Å². The Kier molecular flexibility index (Phi) is 7.32. The third-order valence-electron chi connectivity index (χ3n) is 5.99. The van der Waals surface area contributed by atoms with Gasteiger partial charge in [-0.05, 0) is 47.5 Å². The van der Waals surface area contributed by atoms with E-state index in [0.717, 1.165) is 29.1 Å². The number of hydrogen-bond acceptors (Lipinski definition) is 7. The molecule has 1 unspecified atom stereocenters. The van der Waals surface area contributed by atoms with Gasteiger partial charge in [-0.25, -0.2) is 13.8 Å². The molecule has 0 aliphatic carbocycles. The summed E-state index contributed by atoms with van der Waals surface area (Å²) in [6, 6.07) is 21.4. The van der Waals surface area contributed by atoms with Gasteiger partial charge in [-0.2, -0.15) is 0 Å². The molecule has 38 heavy (non-hydrogen) atoms. The van der Waals surface area contributed by atoms with E-state index in [2.05, 4.69) is 26.3 Å². The first-order chi connectivity index (χ1) is 18.5. The number of ether oxygens (including phenoxy) is 1. The average Bonchev–Trinajstić information content (AvgIpc) is 3.31. The fourth-order valence-corrected chi connectivity index (χ4v) is 4.07. The van der Waals surface area contributed by atoms with Gasteiger partial charge in [0.05, 0.1) is 23.0 Å². The van der Waals surface area contributed by atoms with E-state index in [1.165, 1.54) is 6.07 Å². The second-order valence-corrected chi connectivity index (χ2v) is 8.65. The normalized spacial score (nSPS) is 14.6. The largest absolute Gasteiger partial charge is 0.491 e. The highest BCUT2D eigenvalue weighted by Gasteiger charge is 2.20. The molecule has 2 atom stereocenters. The molecule has 1 amide bonds. The highest BCUT2D eigenvalue weighted by Crippen LogP contribution is 2.32. The lowest BCUT2D eigenvalue weighted by atomic mass is 10.1. The van der Waals surface area contributed by atoms with Gasteiger partial charge in [0.1, 0.15) is 18.2 Å². The molecule has 10 heteroatoms. The Balaban J connectivity index is 1.31. The maximum Gasteiger partial charge on any atom is 0.255 e. The first-order valence-electron chi connectivity index (χ1n) is 11.9. The van der Waals surface area contributed by atoms with E-state index < -0.39 is 23.9 Å². The van der Waals surface area contributed by atoms with Crippen LogP contribution in [0.2, 0.25) is 0 Å². The number of benzene rings is 3. The summed E-state index contributed by atoms with van der Waals surface area (Å²) in [6.45, 7) is 0.233. The molecule has 8 nitrogen and oxygen atoms in total. The van der Waals surface area contributed by atoms with Gasteiger partial charge in [0.15, 0.2) is 11.6 Å². The predicted octanol–water partition coefficient (Wildman–Crippen LogP) is 4.64. The summed E-state index contributed by atoms with van der Waals surface area (Å²) >= 11 is 0. The third-order valence-corrected chi connectivity index (χ3v) is 5.99. The van der Waals surface area contributed by atoms with Crippen molar-refractivity contribution in [1.82, 2.24) is 10.3 Å². The van der Waals surface area contributed by atoms with Crippen molar-refractivity contribution in [2.24, 2.45) is 0 Å². The zero-order valence-corrected chi connectivity index (χ0v) is 20.1. The van der Waals surface area contributed by atoms with Crippen LogP contribution in [0, 0.1) is 11.6 Å². The van der Waals surface area contributed by atoms with Crippen LogP contribution in [-0.4, -0.2) is 29.0 Å². The molecule has 0 saturated carbocycles. The number of nitrogens with one attached hydrogen (secondary N) is 4. The SMILES string of the molecule is O=C(NCc1ccc(F)c(F)c1)c1cccnc1N[C@@H](COc1ccc2c(c1)NC(O)N2)c1ccccc1. The van der Waals surface area contributed by atoms with Crippen LogP contribution in [-0.2, 0) is 6.54 Å². The predicted molar refractivity (Wildman–Crippen MR) is 140 cm³/mol. The van der Waals surface area contributed by atoms with Gasteiger partial charge in [-0.3, -0.25) is 4.79 Å². The Bertz CT molecular complexity index is 1440. The van der Waals surface area contributed by atoms with Crippen LogP contribution in [0.15, 0.2) is 85.1 Å². The van der Waals surface area contributed by atoms with E-state index in [1.54, 1.807) is 30.5 Å². The number of carbonyl (C=O) groups is 1. The summed E-state index contributed by atoms with van der Waals surface area (Å²) in [5.41, 5.74) is 3.14. The first-order valence-corrected chi connectivity index (χ1v) is 11.9. The number of aromatic nitrogens is 1. The highest BCUT2D eigenvalue weighted by atomic mass is 19.2. The van der Waals surface area contributed by atoms with E-state index in [4.69, 9.17) is 4.74 Å². The second-order valence-electron chi connectivity index (χ2n) is 8.65. The highest BCUT2D eigenvalue weighted by molar-refractivity contribution is 5.98. The number of anilines is 3. The van der Waals surface area contributed by atoms with Gasteiger partial charge in [-0.15, -0.1) is 0 Å². The molecule has 1 aliphatic rings. The number of hydrogen-bond donors (Lipinski definition) is 5. The third kappa shape index (κ3) is 5.81. The van der Waals surface area contributed by atoms with Crippen molar-refractivity contribution < 1.29 is 23.4 Å². The minimum Gasteiger partial charge on any atom is -0.491 e. The van der Waals surface area contributed by atoms with E-state index >= 15 is 0 Å². The summed E-state index contributed by atoms with van der Waals surface area (Å²) in [7, 11) is 0. The topological polar surface area (TPSA) is 108 Å². The number of aliphatic hydroxyl groups is 1. The quantitative estimate of drug-likeness (QED) is 0.220. The van der Waals surface area contributed by atoms with E-state index in [1.807, 2.05) is 36.4 Å². The van der Waals surface area contributed by atoms with E-state index in [0.29, 0.717) is 17.1 Å². The van der Waals surface area contributed by atoms with Crippen molar-refractivity contribution in [1.29, 1.82) is 0 Å². The van der Waals surface area contributed by atoms with Gasteiger partial charge in [0, 0.05) is 18.8 Å². The fraction of sp³-hybridized carbons (Fsp3) is 0.143. The molecule has 4 aromatic rings. The van der Waals surface area contributed by atoms with Gasteiger partial charge in [-0.1, -0.05) is 36.4 Å². The number of rotatable bonds is 9. The van der Waals surface area contributed by atoms with Crippen LogP contribution in [0.1, 0.15) is 27.5 Å². The summed E-state index contributed by atoms with van der Waals surface area (Å²) in [4.78, 5) is 17.4. The molecular formula is C28H25F2N5O3. The lowest BCUT2D eigenvalue weighted by Gasteiger charge is -2.22. The molecular weight excluding hydrogens is 492 g/mol. The molecule has 3 aromatic carbocycles. The molecule has 1 aromatic heterocycles. The Morgan fingerprint density at radius 2 is 1.79 bits per heavy atom. The van der Waals surface area contributed by atoms with Gasteiger partial charge in [0.2, 0.25) is 6.35 Å². The van der Waals surface area contributed by atoms with Crippen molar-refractivity contribution >= 4 is 23.1 Å². The average molecular weight is 518 g/mol. The van der Waals surface area contributed by atoms with Crippen LogP contribution >= 0.6 is 0 Å². The standard InChI is InChI=1S/C28H25F2N5O3/c29-21-10-8-17(13-22(21)30)15-32-27(36)20-7-4-12-31-26(20)33-25(18-5-2-1-3-6-18)16-38-19-9-11-23-24(14-19)35-28(37)34-23/h1-14,25,28,34-35,37H,15-16H2,(H,31,33)(H,32,36)/t25-,28?/m0/s1. The number of halogens is 2. The monoisotopic (exact) mass is 517 g/mol. The zero-order valence-electron chi connectivity index (χ0n) is 20.1. The van der Waals surface area contributed by atoms with Gasteiger partial charge in [0.25, 0.3) is 5.91 Å². The fourth-order valence-electron chi connectivity index (χ4n) is 4.07. The lowest BCUT2D eigenvalue weighted by Crippen LogP contribution is -2.26. The number of carbonyl (C=O) groups excluding carboxylic acids is 1. The summed E-state index contributed by atoms with van der Waals surface area (Å²) in [6.07, 6.45) is 0.719.